The molecule has 1 N–H and O–H groups in total. The molecule has 1 aromatic carbocycles. The molecule has 3 heteroatoms. The Morgan fingerprint density at radius 1 is 1.00 bits per heavy atom. The predicted molar refractivity (Wildman–Crippen MR) is 101 cm³/mol. The van der Waals surface area contributed by atoms with E-state index in [4.69, 9.17) is 9.47 Å². The molecule has 1 rings (SSSR count). The SMILES string of the molecule is CCCCC(CC)COCC(O)COc1ccccc1C(C)CC. The maximum atomic E-state index is 10.1. The molecule has 0 aromatic heterocycles. The maximum Gasteiger partial charge on any atom is 0.122 e. The van der Waals surface area contributed by atoms with Gasteiger partial charge in [0.05, 0.1) is 6.61 Å². The fourth-order valence-corrected chi connectivity index (χ4v) is 2.74. The van der Waals surface area contributed by atoms with Crippen LogP contribution in [0.5, 0.6) is 5.75 Å². The summed E-state index contributed by atoms with van der Waals surface area (Å²) in [6.07, 6.45) is 5.31. The molecule has 3 unspecified atom stereocenters. The molecule has 0 spiro atoms. The molecule has 138 valence electrons. The number of aliphatic hydroxyl groups excluding tert-OH is 1. The van der Waals surface area contributed by atoms with Gasteiger partial charge >= 0.3 is 0 Å². The molecule has 0 saturated carbocycles. The average Bonchev–Trinajstić information content (AvgIpc) is 2.62. The van der Waals surface area contributed by atoms with Crippen LogP contribution < -0.4 is 4.74 Å². The van der Waals surface area contributed by atoms with Crippen LogP contribution in [0.1, 0.15) is 71.3 Å². The van der Waals surface area contributed by atoms with E-state index in [0.717, 1.165) is 25.2 Å². The lowest BCUT2D eigenvalue weighted by atomic mass is 9.98. The Morgan fingerprint density at radius 2 is 1.75 bits per heavy atom. The Kier molecular flexibility index (Phi) is 10.8. The molecule has 0 saturated heterocycles. The molecular weight excluding hydrogens is 300 g/mol. The molecule has 0 amide bonds. The van der Waals surface area contributed by atoms with Crippen molar-refractivity contribution in [3.8, 4) is 5.75 Å². The van der Waals surface area contributed by atoms with Crippen molar-refractivity contribution in [1.82, 2.24) is 0 Å². The van der Waals surface area contributed by atoms with E-state index in [9.17, 15) is 5.11 Å². The van der Waals surface area contributed by atoms with Gasteiger partial charge in [-0.1, -0.05) is 65.2 Å². The molecule has 3 nitrogen and oxygen atoms in total. The molecule has 0 aliphatic rings. The zero-order valence-electron chi connectivity index (χ0n) is 16.0. The van der Waals surface area contributed by atoms with Crippen molar-refractivity contribution >= 4 is 0 Å². The third-order valence-corrected chi connectivity index (χ3v) is 4.70. The topological polar surface area (TPSA) is 38.7 Å². The van der Waals surface area contributed by atoms with Crippen LogP contribution in [0.4, 0.5) is 0 Å². The molecule has 0 aliphatic carbocycles. The number of aliphatic hydroxyl groups is 1. The van der Waals surface area contributed by atoms with Crippen molar-refractivity contribution in [2.75, 3.05) is 19.8 Å². The van der Waals surface area contributed by atoms with Gasteiger partial charge in [-0.25, -0.2) is 0 Å². The minimum atomic E-state index is -0.585. The molecule has 0 radical (unpaired) electrons. The van der Waals surface area contributed by atoms with Crippen molar-refractivity contribution < 1.29 is 14.6 Å². The Labute approximate surface area is 148 Å². The molecule has 0 aliphatic heterocycles. The number of para-hydroxylation sites is 1. The van der Waals surface area contributed by atoms with Gasteiger partial charge in [-0.2, -0.15) is 0 Å². The van der Waals surface area contributed by atoms with Gasteiger partial charge in [0.25, 0.3) is 0 Å². The molecule has 0 bridgehead atoms. The van der Waals surface area contributed by atoms with Crippen molar-refractivity contribution in [2.45, 2.75) is 71.8 Å². The smallest absolute Gasteiger partial charge is 0.122 e. The van der Waals surface area contributed by atoms with Gasteiger partial charge in [-0.15, -0.1) is 0 Å². The highest BCUT2D eigenvalue weighted by molar-refractivity contribution is 5.35. The number of rotatable bonds is 13. The number of benzene rings is 1. The Bertz CT molecular complexity index is 433. The lowest BCUT2D eigenvalue weighted by Crippen LogP contribution is -2.25. The molecular formula is C21H36O3. The standard InChI is InChI=1S/C21H36O3/c1-5-8-11-18(7-3)14-23-15-19(22)16-24-21-13-10-9-12-20(21)17(4)6-2/h9-10,12-13,17-19,22H,5-8,11,14-16H2,1-4H3. The Morgan fingerprint density at radius 3 is 2.42 bits per heavy atom. The normalized spacial score (nSPS) is 15.0. The number of hydrogen-bond donors (Lipinski definition) is 1. The second kappa shape index (κ2) is 12.3. The summed E-state index contributed by atoms with van der Waals surface area (Å²) in [7, 11) is 0. The fraction of sp³-hybridized carbons (Fsp3) is 0.714. The molecule has 3 atom stereocenters. The fourth-order valence-electron chi connectivity index (χ4n) is 2.74. The highest BCUT2D eigenvalue weighted by Gasteiger charge is 2.13. The zero-order chi connectivity index (χ0) is 17.8. The zero-order valence-corrected chi connectivity index (χ0v) is 16.0. The van der Waals surface area contributed by atoms with E-state index in [2.05, 4.69) is 33.8 Å². The van der Waals surface area contributed by atoms with Gasteiger partial charge in [-0.05, 0) is 36.3 Å². The minimum absolute atomic E-state index is 0.277. The van der Waals surface area contributed by atoms with Gasteiger partial charge in [0.15, 0.2) is 0 Å². The van der Waals surface area contributed by atoms with Gasteiger partial charge in [0.2, 0.25) is 0 Å². The second-order valence-corrected chi connectivity index (χ2v) is 6.77. The summed E-state index contributed by atoms with van der Waals surface area (Å²) in [6, 6.07) is 8.09. The third kappa shape index (κ3) is 7.67. The van der Waals surface area contributed by atoms with Crippen LogP contribution in [-0.2, 0) is 4.74 Å². The largest absolute Gasteiger partial charge is 0.491 e. The van der Waals surface area contributed by atoms with E-state index >= 15 is 0 Å². The second-order valence-electron chi connectivity index (χ2n) is 6.77. The number of unbranched alkanes of at least 4 members (excludes halogenated alkanes) is 1. The molecule has 0 heterocycles. The summed E-state index contributed by atoms with van der Waals surface area (Å²) in [6.45, 7) is 10.1. The first-order valence-electron chi connectivity index (χ1n) is 9.59. The van der Waals surface area contributed by atoms with Crippen LogP contribution in [0, 0.1) is 5.92 Å². The Balaban J connectivity index is 2.35. The van der Waals surface area contributed by atoms with Crippen molar-refractivity contribution in [3.05, 3.63) is 29.8 Å². The van der Waals surface area contributed by atoms with E-state index in [0.29, 0.717) is 18.4 Å². The van der Waals surface area contributed by atoms with Crippen LogP contribution in [0.15, 0.2) is 24.3 Å². The first-order chi connectivity index (χ1) is 11.6. The quantitative estimate of drug-likeness (QED) is 0.540. The lowest BCUT2D eigenvalue weighted by Gasteiger charge is -2.19. The van der Waals surface area contributed by atoms with Gasteiger partial charge in [0, 0.05) is 6.61 Å². The summed E-state index contributed by atoms with van der Waals surface area (Å²) >= 11 is 0. The van der Waals surface area contributed by atoms with Crippen molar-refractivity contribution in [2.24, 2.45) is 5.92 Å². The van der Waals surface area contributed by atoms with Crippen LogP contribution in [-0.4, -0.2) is 31.0 Å². The minimum Gasteiger partial charge on any atom is -0.491 e. The van der Waals surface area contributed by atoms with Crippen LogP contribution in [0.25, 0.3) is 0 Å². The highest BCUT2D eigenvalue weighted by Crippen LogP contribution is 2.28. The van der Waals surface area contributed by atoms with E-state index in [1.54, 1.807) is 0 Å². The Hall–Kier alpha value is -1.06. The van der Waals surface area contributed by atoms with Gasteiger partial charge in [0.1, 0.15) is 18.5 Å². The molecule has 24 heavy (non-hydrogen) atoms. The summed E-state index contributed by atoms with van der Waals surface area (Å²) in [5, 5.41) is 10.1. The summed E-state index contributed by atoms with van der Waals surface area (Å²) in [4.78, 5) is 0. The highest BCUT2D eigenvalue weighted by atomic mass is 16.5. The lowest BCUT2D eigenvalue weighted by molar-refractivity contribution is -0.00127. The van der Waals surface area contributed by atoms with Crippen molar-refractivity contribution in [1.29, 1.82) is 0 Å². The van der Waals surface area contributed by atoms with E-state index < -0.39 is 6.10 Å². The first-order valence-corrected chi connectivity index (χ1v) is 9.59. The van der Waals surface area contributed by atoms with E-state index in [1.165, 1.54) is 24.8 Å². The molecule has 0 fully saturated rings. The predicted octanol–water partition coefficient (Wildman–Crippen LogP) is 5.17. The van der Waals surface area contributed by atoms with Gasteiger partial charge < -0.3 is 14.6 Å². The number of hydrogen-bond acceptors (Lipinski definition) is 3. The summed E-state index contributed by atoms with van der Waals surface area (Å²) < 4.78 is 11.5. The number of ether oxygens (including phenoxy) is 2. The summed E-state index contributed by atoms with van der Waals surface area (Å²) in [5.41, 5.74) is 1.21. The van der Waals surface area contributed by atoms with E-state index in [-0.39, 0.29) is 6.61 Å². The third-order valence-electron chi connectivity index (χ3n) is 4.70. The van der Waals surface area contributed by atoms with Crippen LogP contribution >= 0.6 is 0 Å². The molecule has 1 aromatic rings. The summed E-state index contributed by atoms with van der Waals surface area (Å²) in [5.74, 6) is 1.93. The van der Waals surface area contributed by atoms with Crippen LogP contribution in [0.3, 0.4) is 0 Å². The first kappa shape index (κ1) is 21.0. The van der Waals surface area contributed by atoms with E-state index in [1.807, 2.05) is 18.2 Å². The maximum absolute atomic E-state index is 10.1. The van der Waals surface area contributed by atoms with Crippen LogP contribution in [0.2, 0.25) is 0 Å². The van der Waals surface area contributed by atoms with Gasteiger partial charge in [-0.3, -0.25) is 0 Å². The monoisotopic (exact) mass is 336 g/mol. The van der Waals surface area contributed by atoms with Crippen molar-refractivity contribution in [3.63, 3.8) is 0 Å². The average molecular weight is 337 g/mol.